The maximum absolute atomic E-state index is 11.6. The molecule has 5 nitrogen and oxygen atoms in total. The van der Waals surface area contributed by atoms with Crippen LogP contribution in [0.5, 0.6) is 5.75 Å². The molecule has 22 heavy (non-hydrogen) atoms. The summed E-state index contributed by atoms with van der Waals surface area (Å²) in [6.45, 7) is 3.60. The second kappa shape index (κ2) is 8.67. The van der Waals surface area contributed by atoms with E-state index in [1.54, 1.807) is 6.20 Å². The Bertz CT molecular complexity index is 570. The molecule has 2 aromatic rings. The van der Waals surface area contributed by atoms with E-state index in [9.17, 15) is 4.79 Å². The molecular weight excluding hydrogens is 278 g/mol. The molecule has 0 spiro atoms. The minimum Gasteiger partial charge on any atom is -0.494 e. The van der Waals surface area contributed by atoms with Gasteiger partial charge in [0.2, 0.25) is 0 Å². The van der Waals surface area contributed by atoms with Crippen molar-refractivity contribution in [2.24, 2.45) is 0 Å². The van der Waals surface area contributed by atoms with Gasteiger partial charge >= 0.3 is 6.03 Å². The molecule has 2 amide bonds. The molecule has 0 fully saturated rings. The highest BCUT2D eigenvalue weighted by molar-refractivity contribution is 5.73. The van der Waals surface area contributed by atoms with E-state index in [0.29, 0.717) is 19.7 Å². The van der Waals surface area contributed by atoms with Crippen molar-refractivity contribution < 1.29 is 9.53 Å². The number of aromatic nitrogens is 1. The van der Waals surface area contributed by atoms with Gasteiger partial charge in [0.25, 0.3) is 0 Å². The zero-order valence-corrected chi connectivity index (χ0v) is 12.7. The first-order valence-electron chi connectivity index (χ1n) is 7.35. The maximum Gasteiger partial charge on any atom is 0.315 e. The molecule has 0 aliphatic rings. The van der Waals surface area contributed by atoms with Gasteiger partial charge in [0.1, 0.15) is 5.75 Å². The van der Waals surface area contributed by atoms with Crippen molar-refractivity contribution in [3.8, 4) is 5.75 Å². The number of hydrogen-bond acceptors (Lipinski definition) is 3. The van der Waals surface area contributed by atoms with Crippen molar-refractivity contribution in [3.63, 3.8) is 0 Å². The molecule has 0 radical (unpaired) electrons. The second-order valence-electron chi connectivity index (χ2n) is 4.95. The van der Waals surface area contributed by atoms with E-state index in [0.717, 1.165) is 17.9 Å². The van der Waals surface area contributed by atoms with Crippen LogP contribution in [0, 0.1) is 6.92 Å². The summed E-state index contributed by atoms with van der Waals surface area (Å²) >= 11 is 0. The van der Waals surface area contributed by atoms with Crippen LogP contribution >= 0.6 is 0 Å². The predicted octanol–water partition coefficient (Wildman–Crippen LogP) is 2.66. The standard InChI is InChI=1S/C17H21N3O2/c1-14-6-8-16(9-7-14)22-12-4-11-19-17(21)20-13-15-5-2-3-10-18-15/h2-3,5-10H,4,11-13H2,1H3,(H2,19,20,21). The predicted molar refractivity (Wildman–Crippen MR) is 85.8 cm³/mol. The number of benzene rings is 1. The Morgan fingerprint density at radius 2 is 1.95 bits per heavy atom. The highest BCUT2D eigenvalue weighted by Gasteiger charge is 2.00. The van der Waals surface area contributed by atoms with Crippen molar-refractivity contribution in [1.82, 2.24) is 15.6 Å². The monoisotopic (exact) mass is 299 g/mol. The summed E-state index contributed by atoms with van der Waals surface area (Å²) in [5.74, 6) is 0.852. The topological polar surface area (TPSA) is 63.2 Å². The van der Waals surface area contributed by atoms with E-state index in [2.05, 4.69) is 15.6 Å². The van der Waals surface area contributed by atoms with Crippen LogP contribution in [0.4, 0.5) is 4.79 Å². The second-order valence-corrected chi connectivity index (χ2v) is 4.95. The Labute approximate surface area is 130 Å². The van der Waals surface area contributed by atoms with Gasteiger partial charge in [0, 0.05) is 12.7 Å². The minimum atomic E-state index is -0.194. The smallest absolute Gasteiger partial charge is 0.315 e. The van der Waals surface area contributed by atoms with Crippen molar-refractivity contribution in [2.45, 2.75) is 19.9 Å². The van der Waals surface area contributed by atoms with Crippen molar-refractivity contribution in [3.05, 3.63) is 59.9 Å². The Morgan fingerprint density at radius 1 is 1.14 bits per heavy atom. The summed E-state index contributed by atoms with van der Waals surface area (Å²) in [6, 6.07) is 13.3. The zero-order valence-electron chi connectivity index (χ0n) is 12.7. The lowest BCUT2D eigenvalue weighted by molar-refractivity contribution is 0.238. The molecule has 0 saturated heterocycles. The summed E-state index contributed by atoms with van der Waals surface area (Å²) in [5.41, 5.74) is 2.04. The molecular formula is C17H21N3O2. The van der Waals surface area contributed by atoms with Gasteiger partial charge < -0.3 is 15.4 Å². The zero-order chi connectivity index (χ0) is 15.6. The van der Waals surface area contributed by atoms with Crippen LogP contribution in [-0.2, 0) is 6.54 Å². The molecule has 0 bridgehead atoms. The third-order valence-electron chi connectivity index (χ3n) is 3.05. The van der Waals surface area contributed by atoms with Crippen LogP contribution in [0.2, 0.25) is 0 Å². The Kier molecular flexibility index (Phi) is 6.23. The number of nitrogens with one attached hydrogen (secondary N) is 2. The first kappa shape index (κ1) is 15.8. The first-order chi connectivity index (χ1) is 10.7. The number of nitrogens with zero attached hydrogens (tertiary/aromatic N) is 1. The van der Waals surface area contributed by atoms with Gasteiger partial charge in [0.15, 0.2) is 0 Å². The summed E-state index contributed by atoms with van der Waals surface area (Å²) in [5, 5.41) is 5.55. The lowest BCUT2D eigenvalue weighted by Gasteiger charge is -2.08. The third-order valence-corrected chi connectivity index (χ3v) is 3.05. The molecule has 116 valence electrons. The number of urea groups is 1. The molecule has 2 rings (SSSR count). The molecule has 1 aromatic heterocycles. The fraction of sp³-hybridized carbons (Fsp3) is 0.294. The number of hydrogen-bond donors (Lipinski definition) is 2. The van der Waals surface area contributed by atoms with Gasteiger partial charge in [-0.05, 0) is 37.6 Å². The molecule has 2 N–H and O–H groups in total. The van der Waals surface area contributed by atoms with Gasteiger partial charge in [-0.1, -0.05) is 23.8 Å². The molecule has 0 unspecified atom stereocenters. The third kappa shape index (κ3) is 5.83. The molecule has 5 heteroatoms. The van der Waals surface area contributed by atoms with Gasteiger partial charge in [-0.3, -0.25) is 4.98 Å². The summed E-state index contributed by atoms with van der Waals surface area (Å²) < 4.78 is 5.59. The minimum absolute atomic E-state index is 0.194. The number of carbonyl (C=O) groups excluding carboxylic acids is 1. The maximum atomic E-state index is 11.6. The largest absolute Gasteiger partial charge is 0.494 e. The van der Waals surface area contributed by atoms with Crippen LogP contribution in [0.1, 0.15) is 17.7 Å². The van der Waals surface area contributed by atoms with E-state index in [1.165, 1.54) is 5.56 Å². The van der Waals surface area contributed by atoms with E-state index in [1.807, 2.05) is 49.4 Å². The average Bonchev–Trinajstić information content (AvgIpc) is 2.55. The number of rotatable bonds is 7. The number of amides is 2. The number of carbonyl (C=O) groups is 1. The van der Waals surface area contributed by atoms with Crippen molar-refractivity contribution in [2.75, 3.05) is 13.2 Å². The van der Waals surface area contributed by atoms with Gasteiger partial charge in [-0.25, -0.2) is 4.79 Å². The van der Waals surface area contributed by atoms with Crippen LogP contribution in [-0.4, -0.2) is 24.2 Å². The van der Waals surface area contributed by atoms with E-state index < -0.39 is 0 Å². The molecule has 0 aliphatic heterocycles. The van der Waals surface area contributed by atoms with E-state index in [4.69, 9.17) is 4.74 Å². The lowest BCUT2D eigenvalue weighted by atomic mass is 10.2. The quantitative estimate of drug-likeness (QED) is 0.773. The van der Waals surface area contributed by atoms with Gasteiger partial charge in [-0.15, -0.1) is 0 Å². The van der Waals surface area contributed by atoms with Crippen LogP contribution in [0.15, 0.2) is 48.7 Å². The highest BCUT2D eigenvalue weighted by Crippen LogP contribution is 2.11. The molecule has 1 heterocycles. The number of aryl methyl sites for hydroxylation is 1. The Hall–Kier alpha value is -2.56. The first-order valence-corrected chi connectivity index (χ1v) is 7.35. The number of ether oxygens (including phenoxy) is 1. The summed E-state index contributed by atoms with van der Waals surface area (Å²) in [4.78, 5) is 15.7. The lowest BCUT2D eigenvalue weighted by Crippen LogP contribution is -2.36. The Morgan fingerprint density at radius 3 is 2.68 bits per heavy atom. The summed E-state index contributed by atoms with van der Waals surface area (Å²) in [6.07, 6.45) is 2.46. The van der Waals surface area contributed by atoms with Crippen molar-refractivity contribution >= 4 is 6.03 Å². The summed E-state index contributed by atoms with van der Waals surface area (Å²) in [7, 11) is 0. The SMILES string of the molecule is Cc1ccc(OCCCNC(=O)NCc2ccccn2)cc1. The van der Waals surface area contributed by atoms with Crippen molar-refractivity contribution in [1.29, 1.82) is 0 Å². The van der Waals surface area contributed by atoms with Gasteiger partial charge in [0.05, 0.1) is 18.8 Å². The van der Waals surface area contributed by atoms with Crippen LogP contribution in [0.3, 0.4) is 0 Å². The molecule has 1 aromatic carbocycles. The highest BCUT2D eigenvalue weighted by atomic mass is 16.5. The van der Waals surface area contributed by atoms with E-state index >= 15 is 0 Å². The molecule has 0 saturated carbocycles. The van der Waals surface area contributed by atoms with Crippen LogP contribution in [0.25, 0.3) is 0 Å². The molecule has 0 aliphatic carbocycles. The van der Waals surface area contributed by atoms with Gasteiger partial charge in [-0.2, -0.15) is 0 Å². The number of pyridine rings is 1. The fourth-order valence-corrected chi connectivity index (χ4v) is 1.83. The Balaban J connectivity index is 1.54. The average molecular weight is 299 g/mol. The van der Waals surface area contributed by atoms with E-state index in [-0.39, 0.29) is 6.03 Å². The fourth-order valence-electron chi connectivity index (χ4n) is 1.83. The van der Waals surface area contributed by atoms with Crippen LogP contribution < -0.4 is 15.4 Å². The molecule has 0 atom stereocenters. The normalized spacial score (nSPS) is 10.0.